The van der Waals surface area contributed by atoms with Crippen LogP contribution in [0, 0.1) is 0 Å². The summed E-state index contributed by atoms with van der Waals surface area (Å²) < 4.78 is 0. The zero-order valence-electron chi connectivity index (χ0n) is 11.5. The van der Waals surface area contributed by atoms with E-state index < -0.39 is 0 Å². The number of rotatable bonds is 3. The molecule has 1 aromatic carbocycles. The molecule has 0 radical (unpaired) electrons. The second-order valence-corrected chi connectivity index (χ2v) is 4.67. The van der Waals surface area contributed by atoms with Crippen molar-refractivity contribution in [1.82, 2.24) is 5.32 Å². The number of nitrogens with zero attached hydrogens (tertiary/aromatic N) is 1. The van der Waals surface area contributed by atoms with Crippen LogP contribution >= 0.6 is 0 Å². The first-order chi connectivity index (χ1) is 9.20. The van der Waals surface area contributed by atoms with E-state index in [-0.39, 0.29) is 12.1 Å². The molecule has 0 saturated carbocycles. The van der Waals surface area contributed by atoms with Gasteiger partial charge in [-0.1, -0.05) is 36.4 Å². The number of hydrogen-bond donors (Lipinski definition) is 1. The number of allylic oxidation sites excluding steroid dienone is 1. The highest BCUT2D eigenvalue weighted by Gasteiger charge is 2.20. The molecule has 2 rings (SSSR count). The molecule has 1 amide bonds. The first-order valence-electron chi connectivity index (χ1n) is 6.62. The molecule has 0 aromatic heterocycles. The van der Waals surface area contributed by atoms with E-state index in [0.717, 1.165) is 18.7 Å². The van der Waals surface area contributed by atoms with Gasteiger partial charge in [-0.3, -0.25) is 4.79 Å². The van der Waals surface area contributed by atoms with Crippen molar-refractivity contribution in [3.63, 3.8) is 0 Å². The number of amides is 1. The Kier molecular flexibility index (Phi) is 4.39. The Morgan fingerprint density at radius 1 is 1.32 bits per heavy atom. The normalized spacial score (nSPS) is 18.8. The van der Waals surface area contributed by atoms with E-state index in [1.807, 2.05) is 13.0 Å². The van der Waals surface area contributed by atoms with Crippen molar-refractivity contribution < 1.29 is 4.79 Å². The Hall–Kier alpha value is -2.03. The van der Waals surface area contributed by atoms with Gasteiger partial charge >= 0.3 is 0 Å². The molecule has 3 nitrogen and oxygen atoms in total. The predicted octanol–water partition coefficient (Wildman–Crippen LogP) is 2.95. The molecule has 19 heavy (non-hydrogen) atoms. The molecule has 1 aliphatic rings. The van der Waals surface area contributed by atoms with Crippen molar-refractivity contribution in [2.24, 2.45) is 0 Å². The van der Waals surface area contributed by atoms with Crippen molar-refractivity contribution in [2.75, 3.05) is 11.4 Å². The summed E-state index contributed by atoms with van der Waals surface area (Å²) in [6.45, 7) is 4.40. The SMILES string of the molecule is CC=Cc1ccc(N2CC=CCC2NC(C)=O)cc1. The molecule has 1 heterocycles. The van der Waals surface area contributed by atoms with Gasteiger partial charge in [0.2, 0.25) is 5.91 Å². The van der Waals surface area contributed by atoms with Crippen molar-refractivity contribution in [3.8, 4) is 0 Å². The van der Waals surface area contributed by atoms with Crippen LogP contribution in [0.25, 0.3) is 6.08 Å². The fourth-order valence-corrected chi connectivity index (χ4v) is 2.29. The van der Waals surface area contributed by atoms with Gasteiger partial charge in [0, 0.05) is 25.6 Å². The number of carbonyl (C=O) groups excluding carboxylic acids is 1. The second kappa shape index (κ2) is 6.23. The molecule has 3 heteroatoms. The van der Waals surface area contributed by atoms with Gasteiger partial charge in [0.05, 0.1) is 0 Å². The lowest BCUT2D eigenvalue weighted by molar-refractivity contribution is -0.119. The fourth-order valence-electron chi connectivity index (χ4n) is 2.29. The molecule has 0 spiro atoms. The Balaban J connectivity index is 2.17. The Morgan fingerprint density at radius 3 is 2.68 bits per heavy atom. The summed E-state index contributed by atoms with van der Waals surface area (Å²) in [5, 5.41) is 2.99. The van der Waals surface area contributed by atoms with Crippen LogP contribution in [0.15, 0.2) is 42.5 Å². The third kappa shape index (κ3) is 3.47. The average Bonchev–Trinajstić information content (AvgIpc) is 2.40. The van der Waals surface area contributed by atoms with E-state index in [1.165, 1.54) is 5.56 Å². The summed E-state index contributed by atoms with van der Waals surface area (Å²) in [7, 11) is 0. The molecule has 0 bridgehead atoms. The monoisotopic (exact) mass is 256 g/mol. The number of benzene rings is 1. The average molecular weight is 256 g/mol. The maximum absolute atomic E-state index is 11.3. The van der Waals surface area contributed by atoms with Crippen molar-refractivity contribution in [2.45, 2.75) is 26.4 Å². The Labute approximate surface area is 114 Å². The molecule has 1 aromatic rings. The lowest BCUT2D eigenvalue weighted by Gasteiger charge is -2.35. The molecule has 0 saturated heterocycles. The molecule has 1 N–H and O–H groups in total. The highest BCUT2D eigenvalue weighted by atomic mass is 16.1. The van der Waals surface area contributed by atoms with Crippen LogP contribution in [0.5, 0.6) is 0 Å². The highest BCUT2D eigenvalue weighted by Crippen LogP contribution is 2.21. The standard InChI is InChI=1S/C16H20N2O/c1-3-6-14-8-10-15(11-9-14)18-12-5-4-7-16(18)17-13(2)19/h3-6,8-11,16H,7,12H2,1-2H3,(H,17,19). The summed E-state index contributed by atoms with van der Waals surface area (Å²) in [5.41, 5.74) is 2.33. The number of hydrogen-bond acceptors (Lipinski definition) is 2. The molecule has 100 valence electrons. The van der Waals surface area contributed by atoms with Gasteiger partial charge in [-0.15, -0.1) is 0 Å². The molecule has 1 atom stereocenters. The van der Waals surface area contributed by atoms with Gasteiger partial charge in [-0.2, -0.15) is 0 Å². The van der Waals surface area contributed by atoms with Gasteiger partial charge in [0.25, 0.3) is 0 Å². The van der Waals surface area contributed by atoms with Crippen LogP contribution < -0.4 is 10.2 Å². The van der Waals surface area contributed by atoms with Crippen LogP contribution in [0.2, 0.25) is 0 Å². The summed E-state index contributed by atoms with van der Waals surface area (Å²) >= 11 is 0. The first kappa shape index (κ1) is 13.4. The van der Waals surface area contributed by atoms with Crippen LogP contribution in [-0.2, 0) is 4.79 Å². The fraction of sp³-hybridized carbons (Fsp3) is 0.312. The maximum Gasteiger partial charge on any atom is 0.218 e. The molecule has 0 aliphatic carbocycles. The molecule has 1 aliphatic heterocycles. The summed E-state index contributed by atoms with van der Waals surface area (Å²) in [6.07, 6.45) is 9.25. The number of nitrogens with one attached hydrogen (secondary N) is 1. The summed E-state index contributed by atoms with van der Waals surface area (Å²) in [4.78, 5) is 13.5. The van der Waals surface area contributed by atoms with Gasteiger partial charge in [0.1, 0.15) is 6.17 Å². The maximum atomic E-state index is 11.3. The minimum Gasteiger partial charge on any atom is -0.347 e. The van der Waals surface area contributed by atoms with E-state index in [2.05, 4.69) is 52.7 Å². The molecular formula is C16H20N2O. The molecule has 1 unspecified atom stereocenters. The van der Waals surface area contributed by atoms with Gasteiger partial charge in [-0.05, 0) is 24.6 Å². The van der Waals surface area contributed by atoms with Crippen molar-refractivity contribution in [3.05, 3.63) is 48.1 Å². The smallest absolute Gasteiger partial charge is 0.218 e. The van der Waals surface area contributed by atoms with Crippen LogP contribution in [0.3, 0.4) is 0 Å². The Bertz CT molecular complexity index is 488. The third-order valence-corrected chi connectivity index (χ3v) is 3.16. The van der Waals surface area contributed by atoms with Crippen molar-refractivity contribution >= 4 is 17.7 Å². The lowest BCUT2D eigenvalue weighted by atomic mass is 10.1. The minimum absolute atomic E-state index is 0.0100. The van der Waals surface area contributed by atoms with Gasteiger partial charge in [0.15, 0.2) is 0 Å². The van der Waals surface area contributed by atoms with E-state index in [0.29, 0.717) is 0 Å². The zero-order chi connectivity index (χ0) is 13.7. The second-order valence-electron chi connectivity index (χ2n) is 4.67. The summed E-state index contributed by atoms with van der Waals surface area (Å²) in [6, 6.07) is 8.39. The van der Waals surface area contributed by atoms with Gasteiger partial charge in [-0.25, -0.2) is 0 Å². The number of anilines is 1. The first-order valence-corrected chi connectivity index (χ1v) is 6.62. The van der Waals surface area contributed by atoms with E-state index in [4.69, 9.17) is 0 Å². The van der Waals surface area contributed by atoms with Crippen LogP contribution in [-0.4, -0.2) is 18.6 Å². The predicted molar refractivity (Wildman–Crippen MR) is 79.9 cm³/mol. The minimum atomic E-state index is 0.0100. The molecule has 0 fully saturated rings. The largest absolute Gasteiger partial charge is 0.347 e. The lowest BCUT2D eigenvalue weighted by Crippen LogP contribution is -2.49. The van der Waals surface area contributed by atoms with E-state index >= 15 is 0 Å². The summed E-state index contributed by atoms with van der Waals surface area (Å²) in [5.74, 6) is 0.0100. The van der Waals surface area contributed by atoms with Crippen molar-refractivity contribution in [1.29, 1.82) is 0 Å². The topological polar surface area (TPSA) is 32.3 Å². The van der Waals surface area contributed by atoms with Crippen LogP contribution in [0.1, 0.15) is 25.8 Å². The highest BCUT2D eigenvalue weighted by molar-refractivity contribution is 5.74. The third-order valence-electron chi connectivity index (χ3n) is 3.16. The molecular weight excluding hydrogens is 236 g/mol. The zero-order valence-corrected chi connectivity index (χ0v) is 11.5. The quantitative estimate of drug-likeness (QED) is 0.843. The number of carbonyl (C=O) groups is 1. The Morgan fingerprint density at radius 2 is 2.05 bits per heavy atom. The van der Waals surface area contributed by atoms with Crippen LogP contribution in [0.4, 0.5) is 5.69 Å². The van der Waals surface area contributed by atoms with Gasteiger partial charge < -0.3 is 10.2 Å². The van der Waals surface area contributed by atoms with E-state index in [9.17, 15) is 4.79 Å². The van der Waals surface area contributed by atoms with E-state index in [1.54, 1.807) is 6.92 Å².